The number of hydrogen-bond donors (Lipinski definition) is 0. The summed E-state index contributed by atoms with van der Waals surface area (Å²) in [6, 6.07) is 34.6. The molecule has 6 heteroatoms. The quantitative estimate of drug-likeness (QED) is 0.156. The number of fused-ring (bicyclic) bond motifs is 2. The summed E-state index contributed by atoms with van der Waals surface area (Å²) in [6.45, 7) is 4.78. The van der Waals surface area contributed by atoms with E-state index in [1.165, 1.54) is 62.4 Å². The number of para-hydroxylation sites is 3. The molecule has 3 nitrogen and oxygen atoms in total. The summed E-state index contributed by atoms with van der Waals surface area (Å²) in [5.74, 6) is 1.76. The smallest absolute Gasteiger partial charge is 0.0774 e. The second-order valence-electron chi connectivity index (χ2n) is 12.6. The molecular weight excluding hydrogens is 827 g/mol. The molecule has 8 rings (SSSR count). The standard InChI is InChI=1S/C31H27N2S2.C13H12N.Ir/c1-19(2)23-8-7-9-24(20(3)4)30(23)33-28-11-6-5-10-27(28)32-31(33)26-18-35-29-13-12-21(16-25(26)29)22-14-15-34-17-22;1-10-3-6-12(7-4-10)13-8-5-11(2)9-14-13;/h5-17,19-20H,1-4H3;3-6,8-9H,1-2H3;/q2*-1;/i;1D3,2D3;. The Bertz CT molecular complexity index is 2490. The molecule has 0 N–H and O–H groups in total. The summed E-state index contributed by atoms with van der Waals surface area (Å²) in [7, 11) is 0. The first-order chi connectivity index (χ1) is 26.2. The number of imidazole rings is 1. The van der Waals surface area contributed by atoms with Gasteiger partial charge in [0.25, 0.3) is 0 Å². The van der Waals surface area contributed by atoms with Gasteiger partial charge in [0.05, 0.1) is 16.9 Å². The van der Waals surface area contributed by atoms with E-state index in [4.69, 9.17) is 13.2 Å². The molecule has 0 aliphatic carbocycles. The number of pyridine rings is 1. The normalized spacial score (nSPS) is 13.5. The van der Waals surface area contributed by atoms with Crippen molar-refractivity contribution in [3.05, 3.63) is 148 Å². The Balaban J connectivity index is 0.000000217. The molecule has 4 heterocycles. The molecule has 0 unspecified atom stereocenters. The number of hydrogen-bond acceptors (Lipinski definition) is 4. The minimum absolute atomic E-state index is 0. The van der Waals surface area contributed by atoms with Crippen molar-refractivity contribution >= 4 is 43.8 Å². The van der Waals surface area contributed by atoms with Gasteiger partial charge in [0.1, 0.15) is 0 Å². The van der Waals surface area contributed by atoms with Crippen LogP contribution in [0.15, 0.2) is 114 Å². The predicted molar refractivity (Wildman–Crippen MR) is 210 cm³/mol. The summed E-state index contributed by atoms with van der Waals surface area (Å²) >= 11 is 3.41. The second-order valence-corrected chi connectivity index (χ2v) is 14.2. The van der Waals surface area contributed by atoms with Gasteiger partial charge >= 0.3 is 0 Å². The summed E-state index contributed by atoms with van der Waals surface area (Å²) < 4.78 is 47.3. The molecule has 0 bridgehead atoms. The molecule has 1 radical (unpaired) electrons. The summed E-state index contributed by atoms with van der Waals surface area (Å²) in [5.41, 5.74) is 11.2. The fourth-order valence-electron chi connectivity index (χ4n) is 6.08. The number of thiophene rings is 2. The van der Waals surface area contributed by atoms with Crippen molar-refractivity contribution in [2.24, 2.45) is 0 Å². The monoisotopic (exact) mass is 872 g/mol. The van der Waals surface area contributed by atoms with E-state index in [0.717, 1.165) is 22.4 Å². The first-order valence-electron chi connectivity index (χ1n) is 19.3. The molecule has 0 aliphatic heterocycles. The number of nitrogens with zero attached hydrogens (tertiary/aromatic N) is 3. The summed E-state index contributed by atoms with van der Waals surface area (Å²) in [5, 5.41) is 9.19. The maximum Gasteiger partial charge on any atom is 0.0774 e. The van der Waals surface area contributed by atoms with Crippen LogP contribution < -0.4 is 0 Å². The van der Waals surface area contributed by atoms with E-state index < -0.39 is 13.7 Å². The zero-order chi connectivity index (χ0) is 39.1. The molecule has 4 aromatic heterocycles. The molecule has 4 aromatic carbocycles. The number of benzene rings is 4. The van der Waals surface area contributed by atoms with Crippen molar-refractivity contribution < 1.29 is 28.3 Å². The fourth-order valence-corrected chi connectivity index (χ4v) is 7.56. The molecule has 8 aromatic rings. The van der Waals surface area contributed by atoms with E-state index in [-0.39, 0.29) is 31.2 Å². The average Bonchev–Trinajstić information content (AvgIpc) is 3.93. The topological polar surface area (TPSA) is 30.7 Å². The Hall–Kier alpha value is -4.19. The fraction of sp³-hybridized carbons (Fsp3) is 0.182. The zero-order valence-electron chi connectivity index (χ0n) is 34.1. The van der Waals surface area contributed by atoms with Crippen LogP contribution in [0.2, 0.25) is 0 Å². The van der Waals surface area contributed by atoms with Crippen molar-refractivity contribution in [2.45, 2.75) is 53.2 Å². The zero-order valence-corrected chi connectivity index (χ0v) is 32.1. The Labute approximate surface area is 325 Å². The first kappa shape index (κ1) is 28.5. The molecule has 0 amide bonds. The molecule has 0 spiro atoms. The molecular formula is C44H39IrN3S2-2. The summed E-state index contributed by atoms with van der Waals surface area (Å²) in [4.78, 5) is 9.29. The third-order valence-corrected chi connectivity index (χ3v) is 10.1. The van der Waals surface area contributed by atoms with E-state index >= 15 is 0 Å². The molecule has 0 fully saturated rings. The van der Waals surface area contributed by atoms with E-state index in [9.17, 15) is 0 Å². The van der Waals surface area contributed by atoms with Crippen LogP contribution in [0.25, 0.3) is 60.6 Å². The third-order valence-electron chi connectivity index (χ3n) is 8.57. The van der Waals surface area contributed by atoms with Crippen LogP contribution in [0, 0.1) is 25.2 Å². The van der Waals surface area contributed by atoms with E-state index in [0.29, 0.717) is 23.1 Å². The number of rotatable bonds is 6. The summed E-state index contributed by atoms with van der Waals surface area (Å²) in [6.07, 6.45) is 1.30. The SMILES string of the molecule is CC(C)c1cccc(C(C)C)c1-n1c(-c2[c-]sc3ccc(-c4ccsc4)cc23)nc2ccccc21.[2H]C([2H])([2H])c1c[c-]c(-c2ccc(C([2H])([2H])[2H])cn2)cc1.[Ir]. The minimum atomic E-state index is -2.18. The third kappa shape index (κ3) is 7.17. The first-order valence-corrected chi connectivity index (χ1v) is 18.0. The van der Waals surface area contributed by atoms with Crippen LogP contribution >= 0.6 is 22.7 Å². The molecule has 253 valence electrons. The van der Waals surface area contributed by atoms with Crippen LogP contribution in [-0.2, 0) is 20.1 Å². The van der Waals surface area contributed by atoms with E-state index in [1.54, 1.807) is 34.8 Å². The predicted octanol–water partition coefficient (Wildman–Crippen LogP) is 12.8. The van der Waals surface area contributed by atoms with Crippen LogP contribution in [0.5, 0.6) is 0 Å². The molecule has 0 saturated carbocycles. The molecule has 50 heavy (non-hydrogen) atoms. The van der Waals surface area contributed by atoms with Gasteiger partial charge < -0.3 is 9.55 Å². The second kappa shape index (κ2) is 15.4. The van der Waals surface area contributed by atoms with E-state index in [1.807, 2.05) is 0 Å². The minimum Gasteiger partial charge on any atom is -0.333 e. The van der Waals surface area contributed by atoms with Crippen molar-refractivity contribution in [2.75, 3.05) is 0 Å². The van der Waals surface area contributed by atoms with Crippen molar-refractivity contribution in [3.8, 4) is 39.5 Å². The van der Waals surface area contributed by atoms with Crippen LogP contribution in [0.3, 0.4) is 0 Å². The number of aryl methyl sites for hydroxylation is 2. The van der Waals surface area contributed by atoms with Gasteiger partial charge in [0.15, 0.2) is 0 Å². The van der Waals surface area contributed by atoms with Gasteiger partial charge in [0, 0.05) is 40.2 Å². The van der Waals surface area contributed by atoms with Crippen molar-refractivity contribution in [1.82, 2.24) is 14.5 Å². The maximum atomic E-state index is 7.28. The van der Waals surface area contributed by atoms with E-state index in [2.05, 4.69) is 126 Å². The number of aromatic nitrogens is 3. The average molecular weight is 872 g/mol. The maximum absolute atomic E-state index is 7.28. The van der Waals surface area contributed by atoms with Crippen molar-refractivity contribution in [3.63, 3.8) is 0 Å². The van der Waals surface area contributed by atoms with Gasteiger partial charge in [-0.1, -0.05) is 111 Å². The largest absolute Gasteiger partial charge is 0.333 e. The van der Waals surface area contributed by atoms with Gasteiger partial charge in [-0.15, -0.1) is 40.8 Å². The molecule has 0 atom stereocenters. The van der Waals surface area contributed by atoms with Crippen LogP contribution in [0.4, 0.5) is 0 Å². The Kier molecular flexibility index (Phi) is 8.76. The van der Waals surface area contributed by atoms with Gasteiger partial charge in [-0.25, -0.2) is 0 Å². The Morgan fingerprint density at radius 3 is 2.24 bits per heavy atom. The molecule has 0 aliphatic rings. The van der Waals surface area contributed by atoms with Crippen molar-refractivity contribution in [1.29, 1.82) is 0 Å². The van der Waals surface area contributed by atoms with Crippen LogP contribution in [0.1, 0.15) is 70.0 Å². The van der Waals surface area contributed by atoms with Gasteiger partial charge in [-0.3, -0.25) is 16.3 Å². The Morgan fingerprint density at radius 1 is 0.800 bits per heavy atom. The Morgan fingerprint density at radius 2 is 1.58 bits per heavy atom. The molecule has 0 saturated heterocycles. The van der Waals surface area contributed by atoms with Crippen LogP contribution in [-0.4, -0.2) is 14.5 Å². The van der Waals surface area contributed by atoms with Gasteiger partial charge in [-0.05, 0) is 81.2 Å². The van der Waals surface area contributed by atoms with Gasteiger partial charge in [-0.2, -0.15) is 11.3 Å². The van der Waals surface area contributed by atoms with Gasteiger partial charge in [0.2, 0.25) is 0 Å².